The number of halogens is 1. The van der Waals surface area contributed by atoms with E-state index in [2.05, 4.69) is 0 Å². The number of hydrogen-bond acceptors (Lipinski definition) is 4. The van der Waals surface area contributed by atoms with Crippen molar-refractivity contribution in [3.05, 3.63) is 75.8 Å². The average molecular weight is 400 g/mol. The van der Waals surface area contributed by atoms with Crippen LogP contribution < -0.4 is 0 Å². The lowest BCUT2D eigenvalue weighted by atomic mass is 9.95. The maximum atomic E-state index is 12.8. The lowest BCUT2D eigenvalue weighted by molar-refractivity contribution is -0.140. The molecule has 1 heterocycles. The number of aryl methyl sites for hydroxylation is 1. The summed E-state index contributed by atoms with van der Waals surface area (Å²) in [6.07, 6.45) is 0.565. The van der Waals surface area contributed by atoms with Gasteiger partial charge in [-0.3, -0.25) is 9.59 Å². The minimum atomic E-state index is -0.744. The molecule has 1 aliphatic heterocycles. The standard InChI is InChI=1S/C22H22ClNO4/c1-14-8-10-15(11-9-14)20(25)18-19(16-6-3-4-7-17(16)23)24(12-5-13-28-2)22(27)21(18)26/h3-4,6-11,19,25H,5,12-13H2,1-2H3/t19-/m0/s1. The minimum absolute atomic E-state index is 0.0550. The summed E-state index contributed by atoms with van der Waals surface area (Å²) in [5.41, 5.74) is 2.17. The van der Waals surface area contributed by atoms with Crippen LogP contribution in [0.5, 0.6) is 0 Å². The summed E-state index contributed by atoms with van der Waals surface area (Å²) >= 11 is 6.38. The number of nitrogens with zero attached hydrogens (tertiary/aromatic N) is 1. The van der Waals surface area contributed by atoms with Gasteiger partial charge in [0, 0.05) is 30.8 Å². The summed E-state index contributed by atoms with van der Waals surface area (Å²) in [6.45, 7) is 2.71. The number of rotatable bonds is 6. The number of benzene rings is 2. The quantitative estimate of drug-likeness (QED) is 0.343. The third kappa shape index (κ3) is 3.81. The van der Waals surface area contributed by atoms with E-state index in [1.165, 1.54) is 4.90 Å². The zero-order chi connectivity index (χ0) is 20.3. The maximum absolute atomic E-state index is 12.8. The molecule has 28 heavy (non-hydrogen) atoms. The third-order valence-electron chi connectivity index (χ3n) is 4.81. The molecule has 0 aliphatic carbocycles. The van der Waals surface area contributed by atoms with E-state index in [1.807, 2.05) is 19.1 Å². The number of carbonyl (C=O) groups is 2. The van der Waals surface area contributed by atoms with E-state index in [1.54, 1.807) is 43.5 Å². The van der Waals surface area contributed by atoms with Gasteiger partial charge >= 0.3 is 0 Å². The molecule has 2 aromatic carbocycles. The highest BCUT2D eigenvalue weighted by atomic mass is 35.5. The van der Waals surface area contributed by atoms with Crippen LogP contribution in [0.25, 0.3) is 5.76 Å². The van der Waals surface area contributed by atoms with Gasteiger partial charge in [-0.15, -0.1) is 0 Å². The third-order valence-corrected chi connectivity index (χ3v) is 5.16. The number of aliphatic hydroxyl groups is 1. The van der Waals surface area contributed by atoms with Gasteiger partial charge < -0.3 is 14.7 Å². The second-order valence-corrected chi connectivity index (χ2v) is 7.13. The average Bonchev–Trinajstić information content (AvgIpc) is 2.93. The van der Waals surface area contributed by atoms with Crippen molar-refractivity contribution < 1.29 is 19.4 Å². The van der Waals surface area contributed by atoms with Crippen molar-refractivity contribution >= 4 is 29.1 Å². The summed E-state index contributed by atoms with van der Waals surface area (Å²) in [5, 5.41) is 11.4. The van der Waals surface area contributed by atoms with Gasteiger partial charge in [0.2, 0.25) is 0 Å². The van der Waals surface area contributed by atoms with Crippen LogP contribution >= 0.6 is 11.6 Å². The van der Waals surface area contributed by atoms with Crippen LogP contribution in [0.15, 0.2) is 54.1 Å². The van der Waals surface area contributed by atoms with Gasteiger partial charge in [-0.05, 0) is 25.0 Å². The van der Waals surface area contributed by atoms with Gasteiger partial charge in [0.15, 0.2) is 0 Å². The first-order valence-corrected chi connectivity index (χ1v) is 9.42. The molecule has 1 saturated heterocycles. The molecule has 0 spiro atoms. The summed E-state index contributed by atoms with van der Waals surface area (Å²) in [4.78, 5) is 27.0. The molecule has 1 atom stereocenters. The van der Waals surface area contributed by atoms with E-state index < -0.39 is 17.7 Å². The van der Waals surface area contributed by atoms with Crippen LogP contribution in [-0.2, 0) is 14.3 Å². The minimum Gasteiger partial charge on any atom is -0.507 e. The number of likely N-dealkylation sites (tertiary alicyclic amines) is 1. The number of hydrogen-bond donors (Lipinski definition) is 1. The zero-order valence-electron chi connectivity index (χ0n) is 15.8. The van der Waals surface area contributed by atoms with E-state index in [0.29, 0.717) is 35.7 Å². The van der Waals surface area contributed by atoms with Crippen molar-refractivity contribution in [2.24, 2.45) is 0 Å². The molecule has 1 aliphatic rings. The largest absolute Gasteiger partial charge is 0.507 e. The first-order chi connectivity index (χ1) is 13.5. The van der Waals surface area contributed by atoms with E-state index in [4.69, 9.17) is 16.3 Å². The molecule has 3 rings (SSSR count). The fourth-order valence-electron chi connectivity index (χ4n) is 3.38. The number of carbonyl (C=O) groups excluding carboxylic acids is 2. The van der Waals surface area contributed by atoms with E-state index in [-0.39, 0.29) is 11.3 Å². The molecule has 0 aromatic heterocycles. The van der Waals surface area contributed by atoms with Gasteiger partial charge in [0.1, 0.15) is 5.76 Å². The second kappa shape index (κ2) is 8.59. The van der Waals surface area contributed by atoms with Crippen LogP contribution in [0, 0.1) is 6.92 Å². The number of Topliss-reactive ketones (excluding diaryl/α,β-unsaturated/α-hetero) is 1. The highest BCUT2D eigenvalue weighted by Crippen LogP contribution is 2.41. The van der Waals surface area contributed by atoms with Crippen LogP contribution in [0.4, 0.5) is 0 Å². The highest BCUT2D eigenvalue weighted by Gasteiger charge is 2.46. The fourth-order valence-corrected chi connectivity index (χ4v) is 3.62. The Kier molecular flexibility index (Phi) is 6.17. The molecule has 1 N–H and O–H groups in total. The molecule has 0 unspecified atom stereocenters. The predicted octanol–water partition coefficient (Wildman–Crippen LogP) is 4.11. The molecule has 146 valence electrons. The highest BCUT2D eigenvalue weighted by molar-refractivity contribution is 6.47. The van der Waals surface area contributed by atoms with Crippen molar-refractivity contribution in [2.75, 3.05) is 20.3 Å². The molecule has 1 fully saturated rings. The molecule has 0 bridgehead atoms. The summed E-state index contributed by atoms with van der Waals surface area (Å²) in [7, 11) is 1.58. The Labute approximate surface area is 169 Å². The molecule has 0 radical (unpaired) electrons. The molecule has 1 amide bonds. The van der Waals surface area contributed by atoms with Gasteiger partial charge in [-0.1, -0.05) is 59.6 Å². The Morgan fingerprint density at radius 1 is 1.14 bits per heavy atom. The Balaban J connectivity index is 2.14. The first kappa shape index (κ1) is 20.1. The maximum Gasteiger partial charge on any atom is 0.295 e. The number of methoxy groups -OCH3 is 1. The number of aliphatic hydroxyl groups excluding tert-OH is 1. The lowest BCUT2D eigenvalue weighted by Crippen LogP contribution is -2.31. The molecule has 5 nitrogen and oxygen atoms in total. The normalized spacial score (nSPS) is 18.7. The van der Waals surface area contributed by atoms with Gasteiger partial charge in [0.05, 0.1) is 11.6 Å². The Hall–Kier alpha value is -2.63. The zero-order valence-corrected chi connectivity index (χ0v) is 16.6. The smallest absolute Gasteiger partial charge is 0.295 e. The van der Waals surface area contributed by atoms with Crippen molar-refractivity contribution in [1.29, 1.82) is 0 Å². The number of amides is 1. The monoisotopic (exact) mass is 399 g/mol. The summed E-state index contributed by atoms with van der Waals surface area (Å²) in [5.74, 6) is -1.55. The molecule has 6 heteroatoms. The van der Waals surface area contributed by atoms with Crippen molar-refractivity contribution in [2.45, 2.75) is 19.4 Å². The fraction of sp³-hybridized carbons (Fsp3) is 0.273. The first-order valence-electron chi connectivity index (χ1n) is 9.04. The molecular formula is C22H22ClNO4. The van der Waals surface area contributed by atoms with Crippen molar-refractivity contribution in [3.63, 3.8) is 0 Å². The molecular weight excluding hydrogens is 378 g/mol. The van der Waals surface area contributed by atoms with E-state index >= 15 is 0 Å². The number of ketones is 1. The Morgan fingerprint density at radius 3 is 2.46 bits per heavy atom. The van der Waals surface area contributed by atoms with Crippen LogP contribution in [-0.4, -0.2) is 42.0 Å². The van der Waals surface area contributed by atoms with Gasteiger partial charge in [-0.25, -0.2) is 0 Å². The summed E-state index contributed by atoms with van der Waals surface area (Å²) < 4.78 is 5.07. The lowest BCUT2D eigenvalue weighted by Gasteiger charge is -2.26. The van der Waals surface area contributed by atoms with E-state index in [0.717, 1.165) is 5.56 Å². The van der Waals surface area contributed by atoms with Crippen LogP contribution in [0.2, 0.25) is 5.02 Å². The predicted molar refractivity (Wildman–Crippen MR) is 108 cm³/mol. The van der Waals surface area contributed by atoms with Gasteiger partial charge in [0.25, 0.3) is 11.7 Å². The second-order valence-electron chi connectivity index (χ2n) is 6.73. The van der Waals surface area contributed by atoms with Crippen molar-refractivity contribution in [3.8, 4) is 0 Å². The van der Waals surface area contributed by atoms with Gasteiger partial charge in [-0.2, -0.15) is 0 Å². The Morgan fingerprint density at radius 2 is 1.82 bits per heavy atom. The topological polar surface area (TPSA) is 66.8 Å². The molecule has 2 aromatic rings. The summed E-state index contributed by atoms with van der Waals surface area (Å²) in [6, 6.07) is 13.4. The Bertz CT molecular complexity index is 920. The SMILES string of the molecule is COCCCN1C(=O)C(=O)C(=C(O)c2ccc(C)cc2)[C@@H]1c1ccccc1Cl. The van der Waals surface area contributed by atoms with Crippen LogP contribution in [0.1, 0.15) is 29.2 Å². The van der Waals surface area contributed by atoms with Crippen LogP contribution in [0.3, 0.4) is 0 Å². The molecule has 0 saturated carbocycles. The van der Waals surface area contributed by atoms with E-state index in [9.17, 15) is 14.7 Å². The number of ether oxygens (including phenoxy) is 1. The van der Waals surface area contributed by atoms with Crippen molar-refractivity contribution in [1.82, 2.24) is 4.90 Å².